The molecule has 0 unspecified atom stereocenters. The predicted molar refractivity (Wildman–Crippen MR) is 78.8 cm³/mol. The lowest BCUT2D eigenvalue weighted by Gasteiger charge is -2.26. The quantitative estimate of drug-likeness (QED) is 0.915. The van der Waals surface area contributed by atoms with Gasteiger partial charge in [0, 0.05) is 37.1 Å². The highest BCUT2D eigenvalue weighted by atomic mass is 32.1. The maximum Gasteiger partial charge on any atom is 0.227 e. The fourth-order valence-electron chi connectivity index (χ4n) is 2.34. The standard InChI is InChI=1S/C14H15N3OS/c1-15-14-16-11(8-19-14)9-3-5-12-10(7-9)4-6-13(18)17(12)2/h3,5,7-8H,4,6H2,1-2H3,(H,15,16). The SMILES string of the molecule is CNc1nc(-c2ccc3c(c2)CCC(=O)N3C)cs1. The number of carbonyl (C=O) groups excluding carboxylic acids is 1. The van der Waals surface area contributed by atoms with Crippen molar-refractivity contribution >= 4 is 28.1 Å². The molecule has 3 rings (SSSR count). The number of rotatable bonds is 2. The zero-order valence-electron chi connectivity index (χ0n) is 10.9. The molecule has 19 heavy (non-hydrogen) atoms. The maximum absolute atomic E-state index is 11.7. The predicted octanol–water partition coefficient (Wildman–Crippen LogP) is 2.76. The molecule has 2 heterocycles. The molecule has 1 aliphatic heterocycles. The summed E-state index contributed by atoms with van der Waals surface area (Å²) in [7, 11) is 3.71. The van der Waals surface area contributed by atoms with Gasteiger partial charge >= 0.3 is 0 Å². The van der Waals surface area contributed by atoms with Crippen molar-refractivity contribution in [1.82, 2.24) is 4.98 Å². The van der Waals surface area contributed by atoms with E-state index in [0.29, 0.717) is 6.42 Å². The maximum atomic E-state index is 11.7. The van der Waals surface area contributed by atoms with E-state index in [2.05, 4.69) is 16.4 Å². The number of nitrogens with one attached hydrogen (secondary N) is 1. The van der Waals surface area contributed by atoms with Crippen LogP contribution in [-0.4, -0.2) is 25.0 Å². The van der Waals surface area contributed by atoms with Gasteiger partial charge in [-0.3, -0.25) is 4.79 Å². The van der Waals surface area contributed by atoms with Crippen LogP contribution in [0.1, 0.15) is 12.0 Å². The van der Waals surface area contributed by atoms with Gasteiger partial charge < -0.3 is 10.2 Å². The van der Waals surface area contributed by atoms with E-state index in [1.54, 1.807) is 16.2 Å². The van der Waals surface area contributed by atoms with Crippen molar-refractivity contribution in [1.29, 1.82) is 0 Å². The van der Waals surface area contributed by atoms with Crippen molar-refractivity contribution in [3.05, 3.63) is 29.1 Å². The summed E-state index contributed by atoms with van der Waals surface area (Å²) in [6, 6.07) is 6.19. The number of anilines is 2. The summed E-state index contributed by atoms with van der Waals surface area (Å²) in [6.07, 6.45) is 1.40. The number of thiazole rings is 1. The number of aryl methyl sites for hydroxylation is 1. The number of aromatic nitrogens is 1. The summed E-state index contributed by atoms with van der Waals surface area (Å²) in [6.45, 7) is 0. The van der Waals surface area contributed by atoms with E-state index in [1.165, 1.54) is 5.56 Å². The Morgan fingerprint density at radius 2 is 2.21 bits per heavy atom. The van der Waals surface area contributed by atoms with E-state index in [-0.39, 0.29) is 5.91 Å². The van der Waals surface area contributed by atoms with E-state index in [1.807, 2.05) is 31.6 Å². The number of amides is 1. The Hall–Kier alpha value is -1.88. The second-order valence-corrected chi connectivity index (χ2v) is 5.44. The molecule has 4 nitrogen and oxygen atoms in total. The first-order chi connectivity index (χ1) is 9.19. The Labute approximate surface area is 116 Å². The highest BCUT2D eigenvalue weighted by Crippen LogP contribution is 2.32. The van der Waals surface area contributed by atoms with Crippen molar-refractivity contribution in [2.24, 2.45) is 0 Å². The van der Waals surface area contributed by atoms with Crippen LogP contribution in [0.25, 0.3) is 11.3 Å². The molecule has 98 valence electrons. The molecule has 0 saturated heterocycles. The van der Waals surface area contributed by atoms with Crippen molar-refractivity contribution in [3.63, 3.8) is 0 Å². The summed E-state index contributed by atoms with van der Waals surface area (Å²) in [4.78, 5) is 17.9. The van der Waals surface area contributed by atoms with E-state index in [4.69, 9.17) is 0 Å². The van der Waals surface area contributed by atoms with Gasteiger partial charge in [0.1, 0.15) is 0 Å². The van der Waals surface area contributed by atoms with Gasteiger partial charge in [0.15, 0.2) is 5.13 Å². The van der Waals surface area contributed by atoms with Crippen molar-refractivity contribution < 1.29 is 4.79 Å². The zero-order valence-corrected chi connectivity index (χ0v) is 11.8. The number of fused-ring (bicyclic) bond motifs is 1. The largest absolute Gasteiger partial charge is 0.365 e. The van der Waals surface area contributed by atoms with Gasteiger partial charge in [-0.15, -0.1) is 11.3 Å². The molecule has 1 aromatic carbocycles. The molecule has 0 saturated carbocycles. The first-order valence-electron chi connectivity index (χ1n) is 6.22. The molecular formula is C14H15N3OS. The van der Waals surface area contributed by atoms with Crippen LogP contribution < -0.4 is 10.2 Å². The zero-order chi connectivity index (χ0) is 13.4. The van der Waals surface area contributed by atoms with Crippen LogP contribution in [0.15, 0.2) is 23.6 Å². The lowest BCUT2D eigenvalue weighted by atomic mass is 9.98. The fraction of sp³-hybridized carbons (Fsp3) is 0.286. The van der Waals surface area contributed by atoms with Gasteiger partial charge in [0.25, 0.3) is 0 Å². The second kappa shape index (κ2) is 4.66. The summed E-state index contributed by atoms with van der Waals surface area (Å²) in [5, 5.41) is 6.01. The third-order valence-electron chi connectivity index (χ3n) is 3.44. The Morgan fingerprint density at radius 3 is 2.95 bits per heavy atom. The molecule has 0 spiro atoms. The summed E-state index contributed by atoms with van der Waals surface area (Å²) >= 11 is 1.60. The van der Waals surface area contributed by atoms with Crippen LogP contribution in [0.3, 0.4) is 0 Å². The normalized spacial score (nSPS) is 14.4. The highest BCUT2D eigenvalue weighted by Gasteiger charge is 2.21. The van der Waals surface area contributed by atoms with Gasteiger partial charge in [-0.05, 0) is 24.1 Å². The van der Waals surface area contributed by atoms with Gasteiger partial charge in [-0.25, -0.2) is 4.98 Å². The average Bonchev–Trinajstić information content (AvgIpc) is 2.91. The molecule has 1 amide bonds. The van der Waals surface area contributed by atoms with Crippen LogP contribution >= 0.6 is 11.3 Å². The smallest absolute Gasteiger partial charge is 0.227 e. The van der Waals surface area contributed by atoms with Crippen molar-refractivity contribution in [3.8, 4) is 11.3 Å². The summed E-state index contributed by atoms with van der Waals surface area (Å²) in [5.41, 5.74) is 4.33. The van der Waals surface area contributed by atoms with Crippen molar-refractivity contribution in [2.75, 3.05) is 24.3 Å². The van der Waals surface area contributed by atoms with E-state index in [9.17, 15) is 4.79 Å². The summed E-state index contributed by atoms with van der Waals surface area (Å²) < 4.78 is 0. The molecule has 5 heteroatoms. The Morgan fingerprint density at radius 1 is 1.37 bits per heavy atom. The van der Waals surface area contributed by atoms with Gasteiger partial charge in [0.05, 0.1) is 5.69 Å². The third-order valence-corrected chi connectivity index (χ3v) is 4.30. The van der Waals surface area contributed by atoms with E-state index < -0.39 is 0 Å². The monoisotopic (exact) mass is 273 g/mol. The third kappa shape index (κ3) is 2.10. The van der Waals surface area contributed by atoms with E-state index in [0.717, 1.165) is 28.5 Å². The van der Waals surface area contributed by atoms with Gasteiger partial charge in [-0.1, -0.05) is 6.07 Å². The lowest BCUT2D eigenvalue weighted by Crippen LogP contribution is -2.30. The molecule has 2 aromatic rings. The number of carbonyl (C=O) groups is 1. The number of hydrogen-bond acceptors (Lipinski definition) is 4. The number of hydrogen-bond donors (Lipinski definition) is 1. The Balaban J connectivity index is 1.99. The highest BCUT2D eigenvalue weighted by molar-refractivity contribution is 7.14. The first kappa shape index (κ1) is 12.2. The number of benzene rings is 1. The molecular weight excluding hydrogens is 258 g/mol. The molecule has 0 atom stereocenters. The van der Waals surface area contributed by atoms with Gasteiger partial charge in [0.2, 0.25) is 5.91 Å². The topological polar surface area (TPSA) is 45.2 Å². The molecule has 0 radical (unpaired) electrons. The van der Waals surface area contributed by atoms with Crippen LogP contribution in [0.2, 0.25) is 0 Å². The summed E-state index contributed by atoms with van der Waals surface area (Å²) in [5.74, 6) is 0.186. The molecule has 1 aromatic heterocycles. The number of nitrogens with zero attached hydrogens (tertiary/aromatic N) is 2. The second-order valence-electron chi connectivity index (χ2n) is 4.58. The van der Waals surface area contributed by atoms with Crippen molar-refractivity contribution in [2.45, 2.75) is 12.8 Å². The van der Waals surface area contributed by atoms with E-state index >= 15 is 0 Å². The minimum absolute atomic E-state index is 0.186. The molecule has 0 aliphatic carbocycles. The van der Waals surface area contributed by atoms with Crippen LogP contribution in [0, 0.1) is 0 Å². The minimum atomic E-state index is 0.186. The lowest BCUT2D eigenvalue weighted by molar-refractivity contribution is -0.118. The Kier molecular flexibility index (Phi) is 2.98. The Bertz CT molecular complexity index is 635. The molecule has 0 fully saturated rings. The minimum Gasteiger partial charge on any atom is -0.365 e. The fourth-order valence-corrected chi connectivity index (χ4v) is 3.02. The first-order valence-corrected chi connectivity index (χ1v) is 7.10. The van der Waals surface area contributed by atoms with Crippen LogP contribution in [0.5, 0.6) is 0 Å². The average molecular weight is 273 g/mol. The molecule has 1 aliphatic rings. The molecule has 1 N–H and O–H groups in total. The van der Waals surface area contributed by atoms with Gasteiger partial charge in [-0.2, -0.15) is 0 Å². The van der Waals surface area contributed by atoms with Crippen LogP contribution in [-0.2, 0) is 11.2 Å². The molecule has 0 bridgehead atoms. The van der Waals surface area contributed by atoms with Crippen LogP contribution in [0.4, 0.5) is 10.8 Å².